The van der Waals surface area contributed by atoms with Crippen LogP contribution in [0.4, 0.5) is 13.2 Å². The van der Waals surface area contributed by atoms with Gasteiger partial charge in [0.05, 0.1) is 24.8 Å². The molecule has 30 heavy (non-hydrogen) atoms. The first-order valence-electron chi connectivity index (χ1n) is 9.08. The molecular weight excluding hydrogens is 403 g/mol. The molecule has 1 aromatic heterocycles. The first kappa shape index (κ1) is 23.1. The molecule has 0 bridgehead atoms. The van der Waals surface area contributed by atoms with E-state index in [-0.39, 0.29) is 17.8 Å². The molecule has 0 aliphatic rings. The normalized spacial score (nSPS) is 13.4. The van der Waals surface area contributed by atoms with Gasteiger partial charge in [-0.15, -0.1) is 0 Å². The molecule has 1 N–H and O–H groups in total. The Morgan fingerprint density at radius 1 is 1.23 bits per heavy atom. The molecule has 2 rings (SSSR count). The minimum absolute atomic E-state index is 0.126. The summed E-state index contributed by atoms with van der Waals surface area (Å²) >= 11 is 0. The number of esters is 1. The smallest absolute Gasteiger partial charge is 0.418 e. The molecule has 0 saturated carbocycles. The maximum Gasteiger partial charge on any atom is 0.418 e. The van der Waals surface area contributed by atoms with Gasteiger partial charge in [-0.3, -0.25) is 14.4 Å². The van der Waals surface area contributed by atoms with E-state index < -0.39 is 40.3 Å². The Balaban J connectivity index is 2.52. The van der Waals surface area contributed by atoms with E-state index in [0.717, 1.165) is 16.8 Å². The molecule has 1 atom stereocenters. The highest BCUT2D eigenvalue weighted by atomic mass is 19.4. The number of methoxy groups -OCH3 is 1. The molecule has 2 aromatic rings. The molecule has 0 saturated heterocycles. The summed E-state index contributed by atoms with van der Waals surface area (Å²) in [5.74, 6) is -1.46. The highest BCUT2D eigenvalue weighted by Crippen LogP contribution is 2.33. The summed E-state index contributed by atoms with van der Waals surface area (Å²) in [5.41, 5.74) is -3.51. The molecule has 0 aliphatic heterocycles. The van der Waals surface area contributed by atoms with Crippen LogP contribution >= 0.6 is 0 Å². The Hall–Kier alpha value is -3.17. The van der Waals surface area contributed by atoms with Crippen LogP contribution in [0.3, 0.4) is 0 Å². The second-order valence-electron chi connectivity index (χ2n) is 7.05. The maximum atomic E-state index is 13.4. The van der Waals surface area contributed by atoms with E-state index in [0.29, 0.717) is 6.42 Å². The van der Waals surface area contributed by atoms with Crippen molar-refractivity contribution in [2.75, 3.05) is 7.11 Å². The lowest BCUT2D eigenvalue weighted by Gasteiger charge is -2.28. The van der Waals surface area contributed by atoms with Gasteiger partial charge in [0.15, 0.2) is 5.69 Å². The number of alkyl halides is 3. The van der Waals surface area contributed by atoms with E-state index in [1.807, 2.05) is 0 Å². The Labute approximate surface area is 170 Å². The van der Waals surface area contributed by atoms with Crippen LogP contribution < -0.4 is 10.7 Å². The van der Waals surface area contributed by atoms with Crippen LogP contribution in [-0.4, -0.2) is 34.3 Å². The van der Waals surface area contributed by atoms with Gasteiger partial charge in [0, 0.05) is 17.3 Å². The average Bonchev–Trinajstić information content (AvgIpc) is 2.67. The highest BCUT2D eigenvalue weighted by Gasteiger charge is 2.35. The number of benzene rings is 1. The van der Waals surface area contributed by atoms with Crippen molar-refractivity contribution in [1.82, 2.24) is 15.1 Å². The van der Waals surface area contributed by atoms with Crippen LogP contribution in [0.2, 0.25) is 0 Å². The lowest BCUT2D eigenvalue weighted by atomic mass is 9.94. The number of carbonyl (C=O) groups is 2. The summed E-state index contributed by atoms with van der Waals surface area (Å²) in [4.78, 5) is 36.7. The van der Waals surface area contributed by atoms with Crippen molar-refractivity contribution in [3.05, 3.63) is 57.5 Å². The number of ether oxygens (including phenoxy) is 1. The van der Waals surface area contributed by atoms with Gasteiger partial charge in [0.2, 0.25) is 5.43 Å². The number of aryl methyl sites for hydroxylation is 1. The maximum absolute atomic E-state index is 13.4. The van der Waals surface area contributed by atoms with Crippen LogP contribution in [0, 0.1) is 6.92 Å². The quantitative estimate of drug-likeness (QED) is 0.719. The number of rotatable bonds is 6. The third kappa shape index (κ3) is 5.05. The van der Waals surface area contributed by atoms with E-state index in [4.69, 9.17) is 0 Å². The molecule has 0 spiro atoms. The molecule has 0 radical (unpaired) electrons. The zero-order chi connectivity index (χ0) is 22.7. The number of amides is 1. The van der Waals surface area contributed by atoms with Crippen molar-refractivity contribution in [1.29, 1.82) is 0 Å². The number of nitrogens with zero attached hydrogens (tertiary/aromatic N) is 2. The van der Waals surface area contributed by atoms with Gasteiger partial charge in [-0.2, -0.15) is 18.3 Å². The first-order valence-corrected chi connectivity index (χ1v) is 9.08. The van der Waals surface area contributed by atoms with E-state index in [9.17, 15) is 27.6 Å². The average molecular weight is 425 g/mol. The molecule has 7 nitrogen and oxygen atoms in total. The molecule has 1 heterocycles. The summed E-state index contributed by atoms with van der Waals surface area (Å²) in [5, 5.41) is 6.48. The van der Waals surface area contributed by atoms with E-state index in [1.165, 1.54) is 32.2 Å². The van der Waals surface area contributed by atoms with Crippen molar-refractivity contribution < 1.29 is 27.5 Å². The van der Waals surface area contributed by atoms with Crippen LogP contribution in [-0.2, 0) is 15.7 Å². The Kier molecular flexibility index (Phi) is 6.69. The largest absolute Gasteiger partial charge is 0.469 e. The zero-order valence-corrected chi connectivity index (χ0v) is 17.0. The van der Waals surface area contributed by atoms with E-state index in [2.05, 4.69) is 15.2 Å². The number of nitrogens with one attached hydrogen (secondary N) is 1. The van der Waals surface area contributed by atoms with Crippen LogP contribution in [0.15, 0.2) is 35.1 Å². The van der Waals surface area contributed by atoms with E-state index >= 15 is 0 Å². The van der Waals surface area contributed by atoms with Crippen LogP contribution in [0.25, 0.3) is 5.69 Å². The summed E-state index contributed by atoms with van der Waals surface area (Å²) in [6.45, 7) is 4.73. The molecule has 10 heteroatoms. The van der Waals surface area contributed by atoms with Gasteiger partial charge in [-0.25, -0.2) is 4.68 Å². The number of halogens is 3. The lowest BCUT2D eigenvalue weighted by Crippen LogP contribution is -2.48. The van der Waals surface area contributed by atoms with Gasteiger partial charge >= 0.3 is 12.1 Å². The van der Waals surface area contributed by atoms with Crippen LogP contribution in [0.1, 0.15) is 48.4 Å². The first-order chi connectivity index (χ1) is 13.9. The van der Waals surface area contributed by atoms with Crippen molar-refractivity contribution in [2.24, 2.45) is 0 Å². The highest BCUT2D eigenvalue weighted by molar-refractivity contribution is 5.93. The zero-order valence-electron chi connectivity index (χ0n) is 17.0. The fourth-order valence-electron chi connectivity index (χ4n) is 2.83. The number of hydrogen-bond donors (Lipinski definition) is 1. The molecule has 1 aromatic carbocycles. The predicted octanol–water partition coefficient (Wildman–Crippen LogP) is 3.02. The van der Waals surface area contributed by atoms with Crippen molar-refractivity contribution in [3.63, 3.8) is 0 Å². The molecule has 1 unspecified atom stereocenters. The predicted molar refractivity (Wildman–Crippen MR) is 102 cm³/mol. The molecule has 1 amide bonds. The molecule has 0 aliphatic carbocycles. The third-order valence-corrected chi connectivity index (χ3v) is 4.72. The van der Waals surface area contributed by atoms with Gasteiger partial charge in [-0.1, -0.05) is 19.1 Å². The van der Waals surface area contributed by atoms with Gasteiger partial charge in [-0.05, 0) is 32.4 Å². The summed E-state index contributed by atoms with van der Waals surface area (Å²) < 4.78 is 45.7. The monoisotopic (exact) mass is 425 g/mol. The van der Waals surface area contributed by atoms with Gasteiger partial charge < -0.3 is 10.1 Å². The standard InChI is InChI=1S/C20H22F3N3O4/c1-5-19(3,11-16(28)30-4)24-18(29)17-15(27)10-12(2)26(25-17)14-9-7-6-8-13(14)20(21,22)23/h6-10H,5,11H2,1-4H3,(H,24,29). The van der Waals surface area contributed by atoms with Crippen molar-refractivity contribution in [2.45, 2.75) is 45.3 Å². The van der Waals surface area contributed by atoms with Crippen LogP contribution in [0.5, 0.6) is 0 Å². The Morgan fingerprint density at radius 3 is 2.43 bits per heavy atom. The fourth-order valence-corrected chi connectivity index (χ4v) is 2.83. The number of hydrogen-bond acceptors (Lipinski definition) is 5. The number of aromatic nitrogens is 2. The third-order valence-electron chi connectivity index (χ3n) is 4.72. The SMILES string of the molecule is CCC(C)(CC(=O)OC)NC(=O)c1nn(-c2ccccc2C(F)(F)F)c(C)cc1=O. The van der Waals surface area contributed by atoms with E-state index in [1.54, 1.807) is 13.8 Å². The Morgan fingerprint density at radius 2 is 1.87 bits per heavy atom. The molecule has 0 fully saturated rings. The summed E-state index contributed by atoms with van der Waals surface area (Å²) in [6, 6.07) is 5.76. The van der Waals surface area contributed by atoms with Crippen molar-refractivity contribution >= 4 is 11.9 Å². The topological polar surface area (TPSA) is 90.3 Å². The minimum atomic E-state index is -4.66. The lowest BCUT2D eigenvalue weighted by molar-refractivity contribution is -0.142. The second kappa shape index (κ2) is 8.68. The van der Waals surface area contributed by atoms with Gasteiger partial charge in [0.25, 0.3) is 5.91 Å². The Bertz CT molecular complexity index is 1020. The van der Waals surface area contributed by atoms with Crippen molar-refractivity contribution in [3.8, 4) is 5.69 Å². The van der Waals surface area contributed by atoms with Gasteiger partial charge in [0.1, 0.15) is 0 Å². The molecule has 162 valence electrons. The number of carbonyl (C=O) groups excluding carboxylic acids is 2. The second-order valence-corrected chi connectivity index (χ2v) is 7.05. The number of para-hydroxylation sites is 1. The fraction of sp³-hybridized carbons (Fsp3) is 0.400. The minimum Gasteiger partial charge on any atom is -0.469 e. The summed E-state index contributed by atoms with van der Waals surface area (Å²) in [6.07, 6.45) is -4.47. The molecular formula is C20H22F3N3O4. The summed E-state index contributed by atoms with van der Waals surface area (Å²) in [7, 11) is 1.21.